The number of benzene rings is 1. The highest BCUT2D eigenvalue weighted by atomic mass is 32.2. The van der Waals surface area contributed by atoms with Crippen LogP contribution in [0.15, 0.2) is 45.7 Å². The van der Waals surface area contributed by atoms with Crippen LogP contribution < -0.4 is 16.6 Å². The van der Waals surface area contributed by atoms with Crippen LogP contribution in [-0.2, 0) is 4.79 Å². The number of amides is 2. The van der Waals surface area contributed by atoms with E-state index >= 15 is 0 Å². The van der Waals surface area contributed by atoms with Gasteiger partial charge in [0.2, 0.25) is 5.91 Å². The number of nitrogens with zero attached hydrogens (tertiary/aromatic N) is 2. The van der Waals surface area contributed by atoms with Crippen molar-refractivity contribution in [2.75, 3.05) is 5.32 Å². The van der Waals surface area contributed by atoms with E-state index in [2.05, 4.69) is 10.3 Å². The molecule has 1 aromatic carbocycles. The highest BCUT2D eigenvalue weighted by Crippen LogP contribution is 2.28. The number of primary amides is 1. The van der Waals surface area contributed by atoms with Crippen molar-refractivity contribution in [2.45, 2.75) is 37.2 Å². The second kappa shape index (κ2) is 8.15. The van der Waals surface area contributed by atoms with Gasteiger partial charge in [0.15, 0.2) is 5.16 Å². The number of thiophene rings is 1. The minimum absolute atomic E-state index is 0.110. The number of carbonyl (C=O) groups is 2. The van der Waals surface area contributed by atoms with Crippen molar-refractivity contribution >= 4 is 50.8 Å². The summed E-state index contributed by atoms with van der Waals surface area (Å²) >= 11 is 2.43. The number of hydrogen-bond acceptors (Lipinski definition) is 6. The molecule has 2 heterocycles. The minimum atomic E-state index is -0.596. The van der Waals surface area contributed by atoms with Gasteiger partial charge in [-0.15, -0.1) is 11.3 Å². The Morgan fingerprint density at radius 1 is 1.21 bits per heavy atom. The van der Waals surface area contributed by atoms with Gasteiger partial charge < -0.3 is 11.1 Å². The predicted molar refractivity (Wildman–Crippen MR) is 113 cm³/mol. The van der Waals surface area contributed by atoms with Gasteiger partial charge in [0.05, 0.1) is 21.7 Å². The Balaban J connectivity index is 1.90. The van der Waals surface area contributed by atoms with Gasteiger partial charge in [0, 0.05) is 6.04 Å². The molecule has 3 aromatic rings. The molecule has 1 atom stereocenters. The van der Waals surface area contributed by atoms with Crippen molar-refractivity contribution < 1.29 is 9.59 Å². The first-order valence-electron chi connectivity index (χ1n) is 8.65. The van der Waals surface area contributed by atoms with Crippen molar-refractivity contribution in [1.82, 2.24) is 9.55 Å². The van der Waals surface area contributed by atoms with Gasteiger partial charge in [-0.2, -0.15) is 0 Å². The summed E-state index contributed by atoms with van der Waals surface area (Å²) in [5, 5.41) is 5.32. The van der Waals surface area contributed by atoms with Crippen molar-refractivity contribution in [2.24, 2.45) is 5.73 Å². The van der Waals surface area contributed by atoms with Crippen LogP contribution in [-0.4, -0.2) is 26.6 Å². The van der Waals surface area contributed by atoms with Gasteiger partial charge in [0.1, 0.15) is 5.00 Å². The molecule has 0 aliphatic rings. The number of thioether (sulfide) groups is 1. The molecule has 28 heavy (non-hydrogen) atoms. The number of para-hydroxylation sites is 1. The fourth-order valence-corrected chi connectivity index (χ4v) is 4.53. The first kappa shape index (κ1) is 20.1. The largest absolute Gasteiger partial charge is 0.366 e. The SMILES string of the molecule is CC(C)n1c(S[C@@H](C)C(=O)Nc2sccc2C(N)=O)nc2ccccc2c1=O. The summed E-state index contributed by atoms with van der Waals surface area (Å²) in [6.07, 6.45) is 0. The Kier molecular flexibility index (Phi) is 5.85. The molecule has 0 saturated carbocycles. The van der Waals surface area contributed by atoms with E-state index in [0.717, 1.165) is 0 Å². The Hall–Kier alpha value is -2.65. The molecular weight excluding hydrogens is 396 g/mol. The molecule has 0 saturated heterocycles. The number of fused-ring (bicyclic) bond motifs is 1. The van der Waals surface area contributed by atoms with E-state index < -0.39 is 11.2 Å². The molecule has 3 rings (SSSR count). The monoisotopic (exact) mass is 416 g/mol. The predicted octanol–water partition coefficient (Wildman–Crippen LogP) is 3.26. The number of nitrogens with two attached hydrogens (primary N) is 1. The Bertz CT molecular complexity index is 1100. The zero-order valence-electron chi connectivity index (χ0n) is 15.6. The molecular formula is C19H20N4O3S2. The second-order valence-corrected chi connectivity index (χ2v) is 8.68. The molecule has 0 aliphatic carbocycles. The molecule has 2 aromatic heterocycles. The lowest BCUT2D eigenvalue weighted by Crippen LogP contribution is -2.28. The lowest BCUT2D eigenvalue weighted by molar-refractivity contribution is -0.115. The molecule has 0 unspecified atom stereocenters. The third kappa shape index (κ3) is 3.95. The molecule has 0 spiro atoms. The van der Waals surface area contributed by atoms with E-state index in [-0.39, 0.29) is 23.1 Å². The summed E-state index contributed by atoms with van der Waals surface area (Å²) in [4.78, 5) is 41.5. The van der Waals surface area contributed by atoms with E-state index in [1.54, 1.807) is 41.1 Å². The highest BCUT2D eigenvalue weighted by molar-refractivity contribution is 8.00. The fourth-order valence-electron chi connectivity index (χ4n) is 2.69. The maximum atomic E-state index is 12.9. The molecule has 0 bridgehead atoms. The van der Waals surface area contributed by atoms with Gasteiger partial charge in [0.25, 0.3) is 11.5 Å². The maximum Gasteiger partial charge on any atom is 0.262 e. The minimum Gasteiger partial charge on any atom is -0.366 e. The Morgan fingerprint density at radius 3 is 2.61 bits per heavy atom. The van der Waals surface area contributed by atoms with E-state index in [4.69, 9.17) is 5.73 Å². The number of nitrogens with one attached hydrogen (secondary N) is 1. The quantitative estimate of drug-likeness (QED) is 0.474. The topological polar surface area (TPSA) is 107 Å². The number of hydrogen-bond donors (Lipinski definition) is 2. The van der Waals surface area contributed by atoms with Gasteiger partial charge >= 0.3 is 0 Å². The molecule has 3 N–H and O–H groups in total. The summed E-state index contributed by atoms with van der Waals surface area (Å²) in [5.74, 6) is -0.894. The van der Waals surface area contributed by atoms with Crippen LogP contribution in [0.25, 0.3) is 10.9 Å². The van der Waals surface area contributed by atoms with Crippen LogP contribution in [0.2, 0.25) is 0 Å². The molecule has 0 fully saturated rings. The van der Waals surface area contributed by atoms with Crippen LogP contribution in [0.5, 0.6) is 0 Å². The Labute approximate surface area is 170 Å². The van der Waals surface area contributed by atoms with Crippen molar-refractivity contribution in [1.29, 1.82) is 0 Å². The van der Waals surface area contributed by atoms with Crippen LogP contribution in [0.3, 0.4) is 0 Å². The van der Waals surface area contributed by atoms with Crippen molar-refractivity contribution in [3.05, 3.63) is 51.6 Å². The highest BCUT2D eigenvalue weighted by Gasteiger charge is 2.22. The van der Waals surface area contributed by atoms with E-state index in [0.29, 0.717) is 21.1 Å². The first-order chi connectivity index (χ1) is 13.3. The summed E-state index contributed by atoms with van der Waals surface area (Å²) in [5.41, 5.74) is 6.05. The first-order valence-corrected chi connectivity index (χ1v) is 10.4. The summed E-state index contributed by atoms with van der Waals surface area (Å²) in [6.45, 7) is 5.53. The van der Waals surface area contributed by atoms with E-state index in [9.17, 15) is 14.4 Å². The lowest BCUT2D eigenvalue weighted by Gasteiger charge is -2.18. The van der Waals surface area contributed by atoms with Crippen LogP contribution in [0, 0.1) is 0 Å². The zero-order chi connectivity index (χ0) is 20.4. The fraction of sp³-hybridized carbons (Fsp3) is 0.263. The van der Waals surface area contributed by atoms with Crippen molar-refractivity contribution in [3.8, 4) is 0 Å². The molecule has 0 aliphatic heterocycles. The third-order valence-electron chi connectivity index (χ3n) is 4.11. The lowest BCUT2D eigenvalue weighted by atomic mass is 10.2. The van der Waals surface area contributed by atoms with Gasteiger partial charge in [-0.1, -0.05) is 23.9 Å². The zero-order valence-corrected chi connectivity index (χ0v) is 17.3. The molecule has 7 nitrogen and oxygen atoms in total. The molecule has 146 valence electrons. The maximum absolute atomic E-state index is 12.9. The van der Waals surface area contributed by atoms with Gasteiger partial charge in [-0.25, -0.2) is 4.98 Å². The van der Waals surface area contributed by atoms with Gasteiger partial charge in [-0.3, -0.25) is 19.0 Å². The molecule has 9 heteroatoms. The average molecular weight is 417 g/mol. The van der Waals surface area contributed by atoms with E-state index in [1.807, 2.05) is 19.9 Å². The summed E-state index contributed by atoms with van der Waals surface area (Å²) in [6, 6.07) is 8.61. The average Bonchev–Trinajstić information content (AvgIpc) is 3.10. The number of aromatic nitrogens is 2. The van der Waals surface area contributed by atoms with Gasteiger partial charge in [-0.05, 0) is 44.4 Å². The van der Waals surface area contributed by atoms with Crippen molar-refractivity contribution in [3.63, 3.8) is 0 Å². The molecule has 0 radical (unpaired) electrons. The third-order valence-corrected chi connectivity index (χ3v) is 6.01. The smallest absolute Gasteiger partial charge is 0.262 e. The normalized spacial score (nSPS) is 12.3. The van der Waals surface area contributed by atoms with Crippen LogP contribution in [0.4, 0.5) is 5.00 Å². The second-order valence-electron chi connectivity index (χ2n) is 6.46. The number of rotatable bonds is 6. The van der Waals surface area contributed by atoms with Crippen LogP contribution >= 0.6 is 23.1 Å². The van der Waals surface area contributed by atoms with E-state index in [1.165, 1.54) is 23.1 Å². The Morgan fingerprint density at radius 2 is 1.93 bits per heavy atom. The number of carbonyl (C=O) groups excluding carboxylic acids is 2. The standard InChI is InChI=1S/C19H20N4O3S2/c1-10(2)23-18(26)12-6-4-5-7-14(12)21-19(23)28-11(3)16(25)22-17-13(15(20)24)8-9-27-17/h4-11H,1-3H3,(H2,20,24)(H,22,25)/t11-/m0/s1. The summed E-state index contributed by atoms with van der Waals surface area (Å²) in [7, 11) is 0. The molecule has 2 amide bonds. The number of anilines is 1. The van der Waals surface area contributed by atoms with Crippen LogP contribution in [0.1, 0.15) is 37.2 Å². The summed E-state index contributed by atoms with van der Waals surface area (Å²) < 4.78 is 1.59.